The number of nitrogens with zero attached hydrogens (tertiary/aromatic N) is 1. The fourth-order valence-electron chi connectivity index (χ4n) is 2.85. The molecule has 0 amide bonds. The monoisotopic (exact) mass is 228 g/mol. The van der Waals surface area contributed by atoms with Crippen LogP contribution in [0.5, 0.6) is 0 Å². The Morgan fingerprint density at radius 1 is 1.18 bits per heavy atom. The van der Waals surface area contributed by atoms with Gasteiger partial charge in [-0.1, -0.05) is 37.8 Å². The minimum Gasteiger partial charge on any atom is -0.399 e. The third kappa shape index (κ3) is 3.00. The van der Waals surface area contributed by atoms with Gasteiger partial charge in [-0.2, -0.15) is 5.26 Å². The Bertz CT molecular complexity index is 398. The summed E-state index contributed by atoms with van der Waals surface area (Å²) in [6, 6.07) is 10.3. The Hall–Kier alpha value is -1.49. The average Bonchev–Trinajstić information content (AvgIpc) is 2.59. The van der Waals surface area contributed by atoms with Crippen LogP contribution < -0.4 is 5.73 Å². The molecule has 2 N–H and O–H groups in total. The lowest BCUT2D eigenvalue weighted by atomic mass is 9.82. The highest BCUT2D eigenvalue weighted by Crippen LogP contribution is 2.35. The predicted octanol–water partition coefficient (Wildman–Crippen LogP) is 3.85. The largest absolute Gasteiger partial charge is 0.399 e. The van der Waals surface area contributed by atoms with E-state index in [9.17, 15) is 5.26 Å². The van der Waals surface area contributed by atoms with E-state index in [0.717, 1.165) is 11.3 Å². The van der Waals surface area contributed by atoms with Gasteiger partial charge in [0.15, 0.2) is 0 Å². The number of nitrogens with two attached hydrogens (primary N) is 1. The molecular weight excluding hydrogens is 208 g/mol. The molecule has 1 aliphatic carbocycles. The van der Waals surface area contributed by atoms with Crippen molar-refractivity contribution in [1.29, 1.82) is 5.26 Å². The smallest absolute Gasteiger partial charge is 0.0741 e. The molecule has 1 aliphatic rings. The molecule has 1 fully saturated rings. The molecule has 1 aromatic rings. The fourth-order valence-corrected chi connectivity index (χ4v) is 2.85. The third-order valence-corrected chi connectivity index (χ3v) is 3.78. The van der Waals surface area contributed by atoms with Crippen LogP contribution in [0.15, 0.2) is 24.3 Å². The minimum atomic E-state index is 0.0246. The summed E-state index contributed by atoms with van der Waals surface area (Å²) in [5, 5.41) is 9.42. The van der Waals surface area contributed by atoms with E-state index in [-0.39, 0.29) is 5.92 Å². The summed E-state index contributed by atoms with van der Waals surface area (Å²) >= 11 is 0. The SMILES string of the molecule is N#CC(c1cccc(N)c1)C1CCCCCC1. The molecule has 17 heavy (non-hydrogen) atoms. The second-order valence-corrected chi connectivity index (χ2v) is 5.03. The predicted molar refractivity (Wildman–Crippen MR) is 70.4 cm³/mol. The fraction of sp³-hybridized carbons (Fsp3) is 0.533. The summed E-state index contributed by atoms with van der Waals surface area (Å²) < 4.78 is 0. The van der Waals surface area contributed by atoms with Crippen molar-refractivity contribution in [2.45, 2.75) is 44.4 Å². The van der Waals surface area contributed by atoms with E-state index in [4.69, 9.17) is 5.73 Å². The number of benzene rings is 1. The highest BCUT2D eigenvalue weighted by molar-refractivity contribution is 5.43. The Morgan fingerprint density at radius 2 is 1.88 bits per heavy atom. The zero-order valence-electron chi connectivity index (χ0n) is 10.2. The molecule has 0 saturated heterocycles. The maximum absolute atomic E-state index is 9.42. The molecule has 0 spiro atoms. The van der Waals surface area contributed by atoms with Crippen LogP contribution in [-0.2, 0) is 0 Å². The lowest BCUT2D eigenvalue weighted by Gasteiger charge is -2.20. The van der Waals surface area contributed by atoms with Gasteiger partial charge in [0.05, 0.1) is 12.0 Å². The molecule has 0 aromatic heterocycles. The quantitative estimate of drug-likeness (QED) is 0.617. The van der Waals surface area contributed by atoms with Crippen LogP contribution in [0, 0.1) is 17.2 Å². The molecule has 2 rings (SSSR count). The van der Waals surface area contributed by atoms with Crippen LogP contribution in [0.1, 0.15) is 50.0 Å². The van der Waals surface area contributed by atoms with Gasteiger partial charge in [-0.3, -0.25) is 0 Å². The summed E-state index contributed by atoms with van der Waals surface area (Å²) in [5.74, 6) is 0.542. The van der Waals surface area contributed by atoms with Crippen molar-refractivity contribution in [3.05, 3.63) is 29.8 Å². The van der Waals surface area contributed by atoms with Crippen molar-refractivity contribution in [1.82, 2.24) is 0 Å². The van der Waals surface area contributed by atoms with Crippen LogP contribution in [0.2, 0.25) is 0 Å². The van der Waals surface area contributed by atoms with E-state index in [1.165, 1.54) is 38.5 Å². The number of rotatable bonds is 2. The first-order chi connectivity index (χ1) is 8.31. The first-order valence-electron chi connectivity index (χ1n) is 6.56. The standard InChI is InChI=1S/C15H20N2/c16-11-15(12-6-3-1-2-4-7-12)13-8-5-9-14(17)10-13/h5,8-10,12,15H,1-4,6-7,17H2. The van der Waals surface area contributed by atoms with Gasteiger partial charge in [0.25, 0.3) is 0 Å². The number of nitrogen functional groups attached to an aromatic ring is 1. The van der Waals surface area contributed by atoms with Crippen molar-refractivity contribution >= 4 is 5.69 Å². The molecule has 1 saturated carbocycles. The van der Waals surface area contributed by atoms with Crippen LogP contribution >= 0.6 is 0 Å². The second kappa shape index (κ2) is 5.72. The summed E-state index contributed by atoms with van der Waals surface area (Å²) in [7, 11) is 0. The Morgan fingerprint density at radius 3 is 2.47 bits per heavy atom. The maximum atomic E-state index is 9.42. The van der Waals surface area contributed by atoms with E-state index in [0.29, 0.717) is 5.92 Å². The zero-order valence-corrected chi connectivity index (χ0v) is 10.2. The lowest BCUT2D eigenvalue weighted by molar-refractivity contribution is 0.425. The molecular formula is C15H20N2. The first kappa shape index (κ1) is 12.0. The van der Waals surface area contributed by atoms with Gasteiger partial charge < -0.3 is 5.73 Å². The number of hydrogen-bond donors (Lipinski definition) is 1. The van der Waals surface area contributed by atoms with Gasteiger partial charge in [0, 0.05) is 5.69 Å². The van der Waals surface area contributed by atoms with Crippen LogP contribution in [0.25, 0.3) is 0 Å². The Labute approximate surface area is 103 Å². The Balaban J connectivity index is 2.18. The number of hydrogen-bond acceptors (Lipinski definition) is 2. The summed E-state index contributed by atoms with van der Waals surface area (Å²) in [6.45, 7) is 0. The molecule has 0 bridgehead atoms. The molecule has 1 aromatic carbocycles. The Kier molecular flexibility index (Phi) is 4.03. The van der Waals surface area contributed by atoms with E-state index in [1.807, 2.05) is 24.3 Å². The molecule has 2 heteroatoms. The highest BCUT2D eigenvalue weighted by atomic mass is 14.5. The highest BCUT2D eigenvalue weighted by Gasteiger charge is 2.23. The number of anilines is 1. The normalized spacial score (nSPS) is 19.2. The molecule has 0 aliphatic heterocycles. The van der Waals surface area contributed by atoms with Gasteiger partial charge in [-0.15, -0.1) is 0 Å². The maximum Gasteiger partial charge on any atom is 0.0741 e. The minimum absolute atomic E-state index is 0.0246. The van der Waals surface area contributed by atoms with Crippen molar-refractivity contribution < 1.29 is 0 Å². The van der Waals surface area contributed by atoms with Gasteiger partial charge in [0.2, 0.25) is 0 Å². The topological polar surface area (TPSA) is 49.8 Å². The second-order valence-electron chi connectivity index (χ2n) is 5.03. The van der Waals surface area contributed by atoms with E-state index in [1.54, 1.807) is 0 Å². The van der Waals surface area contributed by atoms with Crippen molar-refractivity contribution in [2.24, 2.45) is 5.92 Å². The molecule has 1 atom stereocenters. The van der Waals surface area contributed by atoms with E-state index >= 15 is 0 Å². The van der Waals surface area contributed by atoms with Crippen LogP contribution in [0.4, 0.5) is 5.69 Å². The molecule has 2 nitrogen and oxygen atoms in total. The van der Waals surface area contributed by atoms with Crippen LogP contribution in [-0.4, -0.2) is 0 Å². The number of nitriles is 1. The van der Waals surface area contributed by atoms with Crippen molar-refractivity contribution in [2.75, 3.05) is 5.73 Å². The summed E-state index contributed by atoms with van der Waals surface area (Å²) in [5.41, 5.74) is 7.66. The van der Waals surface area contributed by atoms with Gasteiger partial charge in [-0.25, -0.2) is 0 Å². The molecule has 0 radical (unpaired) electrons. The van der Waals surface area contributed by atoms with Crippen molar-refractivity contribution in [3.8, 4) is 6.07 Å². The van der Waals surface area contributed by atoms with E-state index in [2.05, 4.69) is 6.07 Å². The van der Waals surface area contributed by atoms with Crippen LogP contribution in [0.3, 0.4) is 0 Å². The van der Waals surface area contributed by atoms with Gasteiger partial charge in [0.1, 0.15) is 0 Å². The van der Waals surface area contributed by atoms with E-state index < -0.39 is 0 Å². The molecule has 1 unspecified atom stereocenters. The molecule has 0 heterocycles. The first-order valence-corrected chi connectivity index (χ1v) is 6.56. The van der Waals surface area contributed by atoms with Gasteiger partial charge in [-0.05, 0) is 36.5 Å². The third-order valence-electron chi connectivity index (χ3n) is 3.78. The van der Waals surface area contributed by atoms with Crippen molar-refractivity contribution in [3.63, 3.8) is 0 Å². The summed E-state index contributed by atoms with van der Waals surface area (Å²) in [4.78, 5) is 0. The lowest BCUT2D eigenvalue weighted by Crippen LogP contribution is -2.11. The molecule has 90 valence electrons. The summed E-state index contributed by atoms with van der Waals surface area (Å²) in [6.07, 6.45) is 7.56. The average molecular weight is 228 g/mol. The zero-order chi connectivity index (χ0) is 12.1. The van der Waals surface area contributed by atoms with Gasteiger partial charge >= 0.3 is 0 Å².